The summed E-state index contributed by atoms with van der Waals surface area (Å²) in [7, 11) is 0. The molecule has 29 heavy (non-hydrogen) atoms. The first-order valence-corrected chi connectivity index (χ1v) is 10.4. The number of carbonyl (C=O) groups is 1. The molecule has 0 spiro atoms. The summed E-state index contributed by atoms with van der Waals surface area (Å²) in [5.74, 6) is 3.45. The van der Waals surface area contributed by atoms with Gasteiger partial charge in [-0.15, -0.1) is 5.10 Å². The maximum atomic E-state index is 12.9. The molecule has 3 heterocycles. The molecule has 2 aromatic heterocycles. The Kier molecular flexibility index (Phi) is 4.58. The summed E-state index contributed by atoms with van der Waals surface area (Å²) in [5.41, 5.74) is 0.716. The van der Waals surface area contributed by atoms with Crippen LogP contribution in [-0.4, -0.2) is 53.8 Å². The van der Waals surface area contributed by atoms with Crippen LogP contribution in [0, 0.1) is 6.92 Å². The number of nitrogens with zero attached hydrogens (tertiary/aromatic N) is 6. The first kappa shape index (κ1) is 18.3. The molecule has 8 nitrogen and oxygen atoms in total. The monoisotopic (exact) mass is 411 g/mol. The lowest BCUT2D eigenvalue weighted by Gasteiger charge is -2.30. The number of benzene rings is 1. The number of carbonyl (C=O) groups excluding carboxylic acids is 1. The van der Waals surface area contributed by atoms with Gasteiger partial charge in [-0.3, -0.25) is 9.89 Å². The summed E-state index contributed by atoms with van der Waals surface area (Å²) in [6.45, 7) is 3.13. The van der Waals surface area contributed by atoms with E-state index in [9.17, 15) is 4.79 Å². The van der Waals surface area contributed by atoms with Crippen LogP contribution in [0.4, 0.5) is 0 Å². The van der Waals surface area contributed by atoms with Gasteiger partial charge in [-0.2, -0.15) is 5.10 Å². The molecule has 2 aliphatic rings. The lowest BCUT2D eigenvalue weighted by molar-refractivity contribution is 0.0698. The standard InChI is InChI=1S/C20H22ClN7O/c1-12-22-19(26-28(12)16-5-3-2-4-15(16)21)20(29)27-10-8-14(9-11-27)18-23-17(24-25-18)13-6-7-13/h2-5,13-14H,6-11H2,1H3,(H,23,24,25). The predicted octanol–water partition coefficient (Wildman–Crippen LogP) is 3.24. The first-order chi connectivity index (χ1) is 14.1. The van der Waals surface area contributed by atoms with Crippen molar-refractivity contribution in [3.8, 4) is 5.69 Å². The van der Waals surface area contributed by atoms with Gasteiger partial charge in [-0.05, 0) is 44.7 Å². The largest absolute Gasteiger partial charge is 0.336 e. The van der Waals surface area contributed by atoms with Crippen molar-refractivity contribution in [2.45, 2.75) is 44.4 Å². The van der Waals surface area contributed by atoms with Crippen LogP contribution in [-0.2, 0) is 0 Å². The second kappa shape index (κ2) is 7.26. The fourth-order valence-corrected chi connectivity index (χ4v) is 4.04. The van der Waals surface area contributed by atoms with Crippen molar-refractivity contribution in [3.05, 3.63) is 52.6 Å². The number of amides is 1. The van der Waals surface area contributed by atoms with Crippen molar-refractivity contribution in [1.82, 2.24) is 34.8 Å². The molecule has 0 unspecified atom stereocenters. The van der Waals surface area contributed by atoms with E-state index in [1.807, 2.05) is 30.0 Å². The van der Waals surface area contributed by atoms with E-state index in [4.69, 9.17) is 11.6 Å². The minimum absolute atomic E-state index is 0.145. The highest BCUT2D eigenvalue weighted by Gasteiger charge is 2.31. The van der Waals surface area contributed by atoms with Crippen LogP contribution in [0.25, 0.3) is 5.69 Å². The van der Waals surface area contributed by atoms with Gasteiger partial charge in [0.15, 0.2) is 5.82 Å². The smallest absolute Gasteiger partial charge is 0.293 e. The van der Waals surface area contributed by atoms with Crippen molar-refractivity contribution in [1.29, 1.82) is 0 Å². The van der Waals surface area contributed by atoms with Gasteiger partial charge in [0.2, 0.25) is 5.82 Å². The number of aryl methyl sites for hydroxylation is 1. The van der Waals surface area contributed by atoms with Crippen molar-refractivity contribution in [2.75, 3.05) is 13.1 Å². The summed E-state index contributed by atoms with van der Waals surface area (Å²) in [6, 6.07) is 7.39. The number of hydrogen-bond acceptors (Lipinski definition) is 5. The zero-order valence-electron chi connectivity index (χ0n) is 16.2. The van der Waals surface area contributed by atoms with Crippen molar-refractivity contribution >= 4 is 17.5 Å². The fourth-order valence-electron chi connectivity index (χ4n) is 3.82. The molecule has 150 valence electrons. The first-order valence-electron chi connectivity index (χ1n) is 10.00. The van der Waals surface area contributed by atoms with E-state index < -0.39 is 0 Å². The van der Waals surface area contributed by atoms with E-state index in [-0.39, 0.29) is 11.7 Å². The van der Waals surface area contributed by atoms with Gasteiger partial charge in [0.05, 0.1) is 10.7 Å². The normalized spacial score (nSPS) is 17.7. The van der Waals surface area contributed by atoms with Crippen LogP contribution in [0.3, 0.4) is 0 Å². The molecular formula is C20H22ClN7O. The number of piperidine rings is 1. The number of rotatable bonds is 4. The zero-order chi connectivity index (χ0) is 20.0. The third-order valence-electron chi connectivity index (χ3n) is 5.67. The Hall–Kier alpha value is -2.74. The average molecular weight is 412 g/mol. The van der Waals surface area contributed by atoms with E-state index in [0.29, 0.717) is 41.5 Å². The van der Waals surface area contributed by atoms with Gasteiger partial charge in [-0.25, -0.2) is 14.6 Å². The molecule has 5 rings (SSSR count). The molecule has 1 aromatic carbocycles. The quantitative estimate of drug-likeness (QED) is 0.711. The number of aromatic amines is 1. The summed E-state index contributed by atoms with van der Waals surface area (Å²) in [4.78, 5) is 23.8. The fraction of sp³-hybridized carbons (Fsp3) is 0.450. The minimum Gasteiger partial charge on any atom is -0.336 e. The number of H-pyrrole nitrogens is 1. The molecule has 0 radical (unpaired) electrons. The van der Waals surface area contributed by atoms with Crippen molar-refractivity contribution < 1.29 is 4.79 Å². The second-order valence-electron chi connectivity index (χ2n) is 7.77. The third kappa shape index (κ3) is 3.53. The number of likely N-dealkylation sites (tertiary alicyclic amines) is 1. The SMILES string of the molecule is Cc1nc(C(=O)N2CCC(c3nc(C4CC4)n[nH]3)CC2)nn1-c1ccccc1Cl. The van der Waals surface area contributed by atoms with Crippen LogP contribution in [0.5, 0.6) is 0 Å². The Labute approximate surface area is 173 Å². The molecule has 1 saturated carbocycles. The van der Waals surface area contributed by atoms with E-state index >= 15 is 0 Å². The number of halogens is 1. The second-order valence-corrected chi connectivity index (χ2v) is 8.17. The molecule has 0 bridgehead atoms. The van der Waals surface area contributed by atoms with E-state index in [0.717, 1.165) is 24.5 Å². The Morgan fingerprint density at radius 1 is 1.10 bits per heavy atom. The number of para-hydroxylation sites is 1. The topological polar surface area (TPSA) is 92.6 Å². The molecule has 1 N–H and O–H groups in total. The lowest BCUT2D eigenvalue weighted by atomic mass is 9.96. The molecule has 9 heteroatoms. The Morgan fingerprint density at radius 2 is 1.86 bits per heavy atom. The maximum absolute atomic E-state index is 12.9. The van der Waals surface area contributed by atoms with Gasteiger partial charge in [0.1, 0.15) is 11.6 Å². The van der Waals surface area contributed by atoms with E-state index in [2.05, 4.69) is 25.3 Å². The molecular weight excluding hydrogens is 390 g/mol. The lowest BCUT2D eigenvalue weighted by Crippen LogP contribution is -2.38. The number of nitrogens with one attached hydrogen (secondary N) is 1. The third-order valence-corrected chi connectivity index (χ3v) is 5.99. The molecule has 0 atom stereocenters. The van der Waals surface area contributed by atoms with Gasteiger partial charge in [0, 0.05) is 24.9 Å². The van der Waals surface area contributed by atoms with E-state index in [1.54, 1.807) is 10.7 Å². The maximum Gasteiger partial charge on any atom is 0.293 e. The molecule has 1 aliphatic carbocycles. The summed E-state index contributed by atoms with van der Waals surface area (Å²) in [5, 5.41) is 12.4. The van der Waals surface area contributed by atoms with Crippen LogP contribution in [0.15, 0.2) is 24.3 Å². The molecule has 1 saturated heterocycles. The van der Waals surface area contributed by atoms with Crippen LogP contribution >= 0.6 is 11.6 Å². The number of aromatic nitrogens is 6. The van der Waals surface area contributed by atoms with E-state index in [1.165, 1.54) is 12.8 Å². The summed E-state index contributed by atoms with van der Waals surface area (Å²) in [6.07, 6.45) is 4.10. The average Bonchev–Trinajstić information content (AvgIpc) is 3.34. The van der Waals surface area contributed by atoms with Gasteiger partial charge < -0.3 is 4.90 Å². The minimum atomic E-state index is -0.145. The Morgan fingerprint density at radius 3 is 2.59 bits per heavy atom. The highest BCUT2D eigenvalue weighted by Crippen LogP contribution is 2.38. The van der Waals surface area contributed by atoms with Gasteiger partial charge in [-0.1, -0.05) is 23.7 Å². The highest BCUT2D eigenvalue weighted by molar-refractivity contribution is 6.32. The number of hydrogen-bond donors (Lipinski definition) is 1. The molecule has 1 amide bonds. The highest BCUT2D eigenvalue weighted by atomic mass is 35.5. The Balaban J connectivity index is 1.27. The van der Waals surface area contributed by atoms with Crippen molar-refractivity contribution in [3.63, 3.8) is 0 Å². The predicted molar refractivity (Wildman–Crippen MR) is 107 cm³/mol. The van der Waals surface area contributed by atoms with Crippen LogP contribution in [0.2, 0.25) is 5.02 Å². The molecule has 2 fully saturated rings. The van der Waals surface area contributed by atoms with Gasteiger partial charge >= 0.3 is 0 Å². The van der Waals surface area contributed by atoms with Crippen LogP contribution < -0.4 is 0 Å². The van der Waals surface area contributed by atoms with Crippen molar-refractivity contribution in [2.24, 2.45) is 0 Å². The molecule has 1 aliphatic heterocycles. The zero-order valence-corrected chi connectivity index (χ0v) is 16.9. The van der Waals surface area contributed by atoms with Gasteiger partial charge in [0.25, 0.3) is 5.91 Å². The molecule has 3 aromatic rings. The summed E-state index contributed by atoms with van der Waals surface area (Å²) < 4.78 is 1.62. The van der Waals surface area contributed by atoms with Crippen LogP contribution in [0.1, 0.15) is 65.6 Å². The Bertz CT molecular complexity index is 1050. The summed E-state index contributed by atoms with van der Waals surface area (Å²) >= 11 is 6.27.